The number of hydrogen-bond donors (Lipinski definition) is 0. The van der Waals surface area contributed by atoms with Crippen molar-refractivity contribution in [3.63, 3.8) is 0 Å². The molecular weight excluding hydrogens is 222 g/mol. The minimum atomic E-state index is -0.749. The fraction of sp³-hybridized carbons (Fsp3) is 0.429. The van der Waals surface area contributed by atoms with Crippen molar-refractivity contribution >= 4 is 0 Å². The third kappa shape index (κ3) is 2.65. The minimum absolute atomic E-state index is 0.125. The molecule has 0 atom stereocenters. The van der Waals surface area contributed by atoms with E-state index in [1.165, 1.54) is 5.57 Å². The molecule has 0 saturated heterocycles. The van der Waals surface area contributed by atoms with Crippen molar-refractivity contribution in [2.24, 2.45) is 0 Å². The largest absolute Gasteiger partial charge is 0.504 e. The quantitative estimate of drug-likeness (QED) is 0.703. The van der Waals surface area contributed by atoms with Crippen molar-refractivity contribution in [1.29, 1.82) is 0 Å². The monoisotopic (exact) mass is 238 g/mol. The van der Waals surface area contributed by atoms with Gasteiger partial charge in [-0.1, -0.05) is 12.1 Å². The molecule has 1 aliphatic rings. The molecule has 0 heterocycles. The lowest BCUT2D eigenvalue weighted by molar-refractivity contribution is 0.326. The van der Waals surface area contributed by atoms with Gasteiger partial charge in [0.1, 0.15) is 0 Å². The van der Waals surface area contributed by atoms with Crippen LogP contribution in [0.25, 0.3) is 0 Å². The highest BCUT2D eigenvalue weighted by molar-refractivity contribution is 5.24. The zero-order chi connectivity index (χ0) is 12.3. The van der Waals surface area contributed by atoms with Crippen LogP contribution in [0.4, 0.5) is 8.78 Å². The molecule has 1 nitrogen and oxygen atoms in total. The predicted molar refractivity (Wildman–Crippen MR) is 62.7 cm³/mol. The number of allylic oxidation sites excluding steroid dienone is 1. The van der Waals surface area contributed by atoms with Crippen molar-refractivity contribution < 1.29 is 13.5 Å². The molecule has 0 amide bonds. The van der Waals surface area contributed by atoms with Crippen LogP contribution in [0.5, 0.6) is 0 Å². The smallest absolute Gasteiger partial charge is 0.162 e. The summed E-state index contributed by atoms with van der Waals surface area (Å²) in [4.78, 5) is 0. The maximum Gasteiger partial charge on any atom is 0.162 e. The molecule has 1 aliphatic carbocycles. The van der Waals surface area contributed by atoms with Crippen molar-refractivity contribution in [2.75, 3.05) is 7.11 Å². The van der Waals surface area contributed by atoms with Gasteiger partial charge in [-0.2, -0.15) is 0 Å². The summed E-state index contributed by atoms with van der Waals surface area (Å²) in [6.45, 7) is 0. The third-order valence-corrected chi connectivity index (χ3v) is 3.33. The van der Waals surface area contributed by atoms with Gasteiger partial charge in [0, 0.05) is 0 Å². The normalized spacial score (nSPS) is 20.2. The number of rotatable bonds is 2. The first-order valence-electron chi connectivity index (χ1n) is 5.87. The Bertz CT molecular complexity index is 416. The molecule has 0 aromatic heterocycles. The summed E-state index contributed by atoms with van der Waals surface area (Å²) < 4.78 is 31.7. The van der Waals surface area contributed by atoms with Gasteiger partial charge in [0.15, 0.2) is 11.6 Å². The van der Waals surface area contributed by atoms with E-state index in [4.69, 9.17) is 4.74 Å². The van der Waals surface area contributed by atoms with E-state index < -0.39 is 11.6 Å². The molecule has 17 heavy (non-hydrogen) atoms. The molecule has 0 bridgehead atoms. The molecule has 0 N–H and O–H groups in total. The molecule has 1 aromatic carbocycles. The highest BCUT2D eigenvalue weighted by atomic mass is 19.2. The molecule has 0 spiro atoms. The number of methoxy groups -OCH3 is 1. The SMILES string of the molecule is COC=C1CCC(c2cccc(F)c2F)CC1. The van der Waals surface area contributed by atoms with Crippen LogP contribution >= 0.6 is 0 Å². The van der Waals surface area contributed by atoms with E-state index in [-0.39, 0.29) is 5.92 Å². The molecule has 0 radical (unpaired) electrons. The Morgan fingerprint density at radius 1 is 1.24 bits per heavy atom. The number of ether oxygens (including phenoxy) is 1. The van der Waals surface area contributed by atoms with E-state index >= 15 is 0 Å². The fourth-order valence-electron chi connectivity index (χ4n) is 2.42. The Kier molecular flexibility index (Phi) is 3.77. The lowest BCUT2D eigenvalue weighted by Gasteiger charge is -2.24. The maximum absolute atomic E-state index is 13.6. The second-order valence-corrected chi connectivity index (χ2v) is 4.43. The van der Waals surface area contributed by atoms with Gasteiger partial charge in [0.2, 0.25) is 0 Å². The lowest BCUT2D eigenvalue weighted by Crippen LogP contribution is -2.09. The van der Waals surface area contributed by atoms with Crippen molar-refractivity contribution in [3.05, 3.63) is 47.2 Å². The first-order chi connectivity index (χ1) is 8.22. The van der Waals surface area contributed by atoms with Crippen molar-refractivity contribution in [2.45, 2.75) is 31.6 Å². The summed E-state index contributed by atoms with van der Waals surface area (Å²) in [6.07, 6.45) is 5.27. The first kappa shape index (κ1) is 12.1. The number of benzene rings is 1. The van der Waals surface area contributed by atoms with Gasteiger partial charge in [-0.3, -0.25) is 0 Å². The van der Waals surface area contributed by atoms with Crippen LogP contribution in [0.2, 0.25) is 0 Å². The average Bonchev–Trinajstić information content (AvgIpc) is 2.34. The van der Waals surface area contributed by atoms with E-state index in [0.29, 0.717) is 5.56 Å². The van der Waals surface area contributed by atoms with Crippen LogP contribution < -0.4 is 0 Å². The van der Waals surface area contributed by atoms with Gasteiger partial charge >= 0.3 is 0 Å². The highest BCUT2D eigenvalue weighted by Gasteiger charge is 2.22. The van der Waals surface area contributed by atoms with E-state index in [0.717, 1.165) is 31.7 Å². The Labute approximate surface area is 100 Å². The standard InChI is InChI=1S/C14H16F2O/c1-17-9-10-5-7-11(8-6-10)12-3-2-4-13(15)14(12)16/h2-4,9,11H,5-8H2,1H3. The van der Waals surface area contributed by atoms with Crippen molar-refractivity contribution in [1.82, 2.24) is 0 Å². The zero-order valence-electron chi connectivity index (χ0n) is 9.88. The second kappa shape index (κ2) is 5.30. The summed E-state index contributed by atoms with van der Waals surface area (Å²) >= 11 is 0. The maximum atomic E-state index is 13.6. The van der Waals surface area contributed by atoms with Crippen LogP contribution in [-0.2, 0) is 4.74 Å². The van der Waals surface area contributed by atoms with E-state index in [1.807, 2.05) is 0 Å². The first-order valence-corrected chi connectivity index (χ1v) is 5.87. The molecule has 0 aliphatic heterocycles. The average molecular weight is 238 g/mol. The van der Waals surface area contributed by atoms with Crippen LogP contribution in [0.1, 0.15) is 37.2 Å². The van der Waals surface area contributed by atoms with E-state index in [1.54, 1.807) is 25.5 Å². The van der Waals surface area contributed by atoms with Crippen LogP contribution in [0.3, 0.4) is 0 Å². The molecule has 2 rings (SSSR count). The second-order valence-electron chi connectivity index (χ2n) is 4.43. The highest BCUT2D eigenvalue weighted by Crippen LogP contribution is 2.36. The van der Waals surface area contributed by atoms with E-state index in [9.17, 15) is 8.78 Å². The Morgan fingerprint density at radius 3 is 2.59 bits per heavy atom. The zero-order valence-corrected chi connectivity index (χ0v) is 9.88. The Balaban J connectivity index is 2.10. The Morgan fingerprint density at radius 2 is 1.94 bits per heavy atom. The summed E-state index contributed by atoms with van der Waals surface area (Å²) in [5.41, 5.74) is 1.77. The van der Waals surface area contributed by atoms with Gasteiger partial charge < -0.3 is 4.74 Å². The minimum Gasteiger partial charge on any atom is -0.504 e. The molecule has 1 saturated carbocycles. The van der Waals surface area contributed by atoms with Crippen molar-refractivity contribution in [3.8, 4) is 0 Å². The molecule has 3 heteroatoms. The van der Waals surface area contributed by atoms with E-state index in [2.05, 4.69) is 0 Å². The van der Waals surface area contributed by atoms with Crippen LogP contribution in [0, 0.1) is 11.6 Å². The topological polar surface area (TPSA) is 9.23 Å². The van der Waals surface area contributed by atoms with Gasteiger partial charge in [-0.25, -0.2) is 8.78 Å². The van der Waals surface area contributed by atoms with Gasteiger partial charge in [-0.15, -0.1) is 0 Å². The lowest BCUT2D eigenvalue weighted by atomic mass is 9.82. The van der Waals surface area contributed by atoms with Gasteiger partial charge in [-0.05, 0) is 48.8 Å². The predicted octanol–water partition coefficient (Wildman–Crippen LogP) is 4.15. The molecule has 1 fully saturated rings. The number of hydrogen-bond acceptors (Lipinski definition) is 1. The fourth-order valence-corrected chi connectivity index (χ4v) is 2.42. The van der Waals surface area contributed by atoms with Crippen LogP contribution in [-0.4, -0.2) is 7.11 Å². The third-order valence-electron chi connectivity index (χ3n) is 3.33. The summed E-state index contributed by atoms with van der Waals surface area (Å²) in [6, 6.07) is 4.43. The summed E-state index contributed by atoms with van der Waals surface area (Å²) in [5, 5.41) is 0. The van der Waals surface area contributed by atoms with Crippen LogP contribution in [0.15, 0.2) is 30.0 Å². The Hall–Kier alpha value is -1.38. The number of halogens is 2. The molecule has 1 aromatic rings. The summed E-state index contributed by atoms with van der Waals surface area (Å²) in [7, 11) is 1.63. The summed E-state index contributed by atoms with van der Waals surface area (Å²) in [5.74, 6) is -1.31. The molecular formula is C14H16F2O. The molecule has 92 valence electrons. The van der Waals surface area contributed by atoms with Gasteiger partial charge in [0.25, 0.3) is 0 Å². The molecule has 0 unspecified atom stereocenters. The van der Waals surface area contributed by atoms with Gasteiger partial charge in [0.05, 0.1) is 13.4 Å².